The van der Waals surface area contributed by atoms with Crippen molar-refractivity contribution >= 4 is 0 Å². The molecule has 0 amide bonds. The highest BCUT2D eigenvalue weighted by atomic mass is 16.7. The maximum absolute atomic E-state index is 9.58. The third-order valence-corrected chi connectivity index (χ3v) is 3.12. The molecule has 0 aromatic heterocycles. The molecule has 1 aliphatic rings. The summed E-state index contributed by atoms with van der Waals surface area (Å²) in [6, 6.07) is 0. The molecule has 3 N–H and O–H groups in total. The van der Waals surface area contributed by atoms with Gasteiger partial charge in [0.15, 0.2) is 6.29 Å². The minimum Gasteiger partial charge on any atom is -0.396 e. The largest absolute Gasteiger partial charge is 0.396 e. The number of aliphatic hydroxyl groups excluding tert-OH is 3. The summed E-state index contributed by atoms with van der Waals surface area (Å²) in [6.45, 7) is 3.57. The Morgan fingerprint density at radius 1 is 1.41 bits per heavy atom. The summed E-state index contributed by atoms with van der Waals surface area (Å²) in [5.41, 5.74) is 0. The van der Waals surface area contributed by atoms with Crippen LogP contribution in [0, 0.1) is 0 Å². The van der Waals surface area contributed by atoms with Crippen LogP contribution < -0.4 is 0 Å². The van der Waals surface area contributed by atoms with Gasteiger partial charge in [0.05, 0.1) is 24.4 Å². The van der Waals surface area contributed by atoms with Crippen molar-refractivity contribution in [2.75, 3.05) is 6.61 Å². The SMILES string of the molecule is CC(O)C(CCCO)OC1CCC(O)C(C)O1. The van der Waals surface area contributed by atoms with Crippen molar-refractivity contribution in [1.29, 1.82) is 0 Å². The molecule has 0 aromatic carbocycles. The minimum atomic E-state index is -0.590. The van der Waals surface area contributed by atoms with Crippen molar-refractivity contribution in [3.63, 3.8) is 0 Å². The standard InChI is InChI=1S/C12H24O5/c1-8(14)11(4-3-7-13)17-12-6-5-10(15)9(2)16-12/h8-15H,3-7H2,1-2H3. The van der Waals surface area contributed by atoms with E-state index in [4.69, 9.17) is 14.6 Å². The summed E-state index contributed by atoms with van der Waals surface area (Å²) >= 11 is 0. The van der Waals surface area contributed by atoms with Gasteiger partial charge in [-0.05, 0) is 33.1 Å². The van der Waals surface area contributed by atoms with Crippen LogP contribution in [0.2, 0.25) is 0 Å². The number of hydrogen-bond donors (Lipinski definition) is 3. The van der Waals surface area contributed by atoms with E-state index < -0.39 is 12.2 Å². The monoisotopic (exact) mass is 248 g/mol. The molecule has 5 unspecified atom stereocenters. The van der Waals surface area contributed by atoms with Crippen molar-refractivity contribution in [3.8, 4) is 0 Å². The van der Waals surface area contributed by atoms with Crippen molar-refractivity contribution in [2.45, 2.75) is 70.2 Å². The number of rotatable bonds is 6. The molecule has 5 atom stereocenters. The molecule has 0 radical (unpaired) electrons. The first-order valence-electron chi connectivity index (χ1n) is 6.32. The maximum Gasteiger partial charge on any atom is 0.158 e. The van der Waals surface area contributed by atoms with Crippen molar-refractivity contribution in [1.82, 2.24) is 0 Å². The van der Waals surface area contributed by atoms with E-state index in [9.17, 15) is 10.2 Å². The topological polar surface area (TPSA) is 79.2 Å². The molecule has 1 rings (SSSR count). The quantitative estimate of drug-likeness (QED) is 0.634. The Hall–Kier alpha value is -0.200. The van der Waals surface area contributed by atoms with Gasteiger partial charge in [-0.3, -0.25) is 0 Å². The van der Waals surface area contributed by atoms with E-state index in [1.54, 1.807) is 6.92 Å². The Labute approximate surface area is 102 Å². The van der Waals surface area contributed by atoms with Gasteiger partial charge in [-0.25, -0.2) is 0 Å². The third kappa shape index (κ3) is 4.89. The van der Waals surface area contributed by atoms with Gasteiger partial charge < -0.3 is 24.8 Å². The fraction of sp³-hybridized carbons (Fsp3) is 1.00. The van der Waals surface area contributed by atoms with E-state index >= 15 is 0 Å². The lowest BCUT2D eigenvalue weighted by Gasteiger charge is -2.34. The molecule has 1 saturated heterocycles. The lowest BCUT2D eigenvalue weighted by Crippen LogP contribution is -2.41. The molecule has 0 bridgehead atoms. The van der Waals surface area contributed by atoms with E-state index in [0.717, 1.165) is 0 Å². The average Bonchev–Trinajstić information content (AvgIpc) is 2.28. The number of aliphatic hydroxyl groups is 3. The smallest absolute Gasteiger partial charge is 0.158 e. The molecule has 0 aliphatic carbocycles. The zero-order chi connectivity index (χ0) is 12.8. The van der Waals surface area contributed by atoms with Crippen LogP contribution in [0.5, 0.6) is 0 Å². The van der Waals surface area contributed by atoms with Crippen molar-refractivity contribution in [3.05, 3.63) is 0 Å². The van der Waals surface area contributed by atoms with Crippen LogP contribution in [0.3, 0.4) is 0 Å². The van der Waals surface area contributed by atoms with Crippen LogP contribution in [-0.4, -0.2) is 52.6 Å². The van der Waals surface area contributed by atoms with Crippen molar-refractivity contribution < 1.29 is 24.8 Å². The average molecular weight is 248 g/mol. The zero-order valence-electron chi connectivity index (χ0n) is 10.6. The summed E-state index contributed by atoms with van der Waals surface area (Å²) in [6.07, 6.45) is 0.532. The van der Waals surface area contributed by atoms with Crippen LogP contribution >= 0.6 is 0 Å². The van der Waals surface area contributed by atoms with Crippen LogP contribution in [-0.2, 0) is 9.47 Å². The highest BCUT2D eigenvalue weighted by Gasteiger charge is 2.29. The number of ether oxygens (including phenoxy) is 2. The maximum atomic E-state index is 9.58. The first kappa shape index (κ1) is 14.9. The van der Waals surface area contributed by atoms with Gasteiger partial charge in [-0.2, -0.15) is 0 Å². The zero-order valence-corrected chi connectivity index (χ0v) is 10.6. The molecule has 0 spiro atoms. The van der Waals surface area contributed by atoms with Crippen LogP contribution in [0.1, 0.15) is 39.5 Å². The lowest BCUT2D eigenvalue weighted by atomic mass is 10.1. The highest BCUT2D eigenvalue weighted by Crippen LogP contribution is 2.23. The lowest BCUT2D eigenvalue weighted by molar-refractivity contribution is -0.246. The summed E-state index contributed by atoms with van der Waals surface area (Å²) < 4.78 is 11.2. The number of hydrogen-bond acceptors (Lipinski definition) is 5. The van der Waals surface area contributed by atoms with Gasteiger partial charge in [0, 0.05) is 13.0 Å². The molecule has 1 aliphatic heterocycles. The van der Waals surface area contributed by atoms with E-state index in [2.05, 4.69) is 0 Å². The Bertz CT molecular complexity index is 209. The van der Waals surface area contributed by atoms with Gasteiger partial charge in [0.25, 0.3) is 0 Å². The molecule has 0 saturated carbocycles. The first-order chi connectivity index (χ1) is 8.04. The molecule has 1 heterocycles. The molecular formula is C12H24O5. The summed E-state index contributed by atoms with van der Waals surface area (Å²) in [4.78, 5) is 0. The van der Waals surface area contributed by atoms with Gasteiger partial charge in [-0.1, -0.05) is 0 Å². The Morgan fingerprint density at radius 3 is 2.65 bits per heavy atom. The van der Waals surface area contributed by atoms with Gasteiger partial charge in [0.1, 0.15) is 0 Å². The third-order valence-electron chi connectivity index (χ3n) is 3.12. The Morgan fingerprint density at radius 2 is 2.12 bits per heavy atom. The second-order valence-corrected chi connectivity index (χ2v) is 4.70. The summed E-state index contributed by atoms with van der Waals surface area (Å²) in [5.74, 6) is 0. The fourth-order valence-corrected chi connectivity index (χ4v) is 1.95. The minimum absolute atomic E-state index is 0.0905. The molecular weight excluding hydrogens is 224 g/mol. The van der Waals surface area contributed by atoms with E-state index in [1.807, 2.05) is 6.92 Å². The Balaban J connectivity index is 2.39. The summed E-state index contributed by atoms with van der Waals surface area (Å²) in [5, 5.41) is 27.9. The molecule has 5 nitrogen and oxygen atoms in total. The summed E-state index contributed by atoms with van der Waals surface area (Å²) in [7, 11) is 0. The second-order valence-electron chi connectivity index (χ2n) is 4.70. The predicted molar refractivity (Wildman–Crippen MR) is 62.4 cm³/mol. The van der Waals surface area contributed by atoms with Crippen molar-refractivity contribution in [2.24, 2.45) is 0 Å². The van der Waals surface area contributed by atoms with E-state index in [1.165, 1.54) is 0 Å². The van der Waals surface area contributed by atoms with Gasteiger partial charge in [-0.15, -0.1) is 0 Å². The first-order valence-corrected chi connectivity index (χ1v) is 6.32. The van der Waals surface area contributed by atoms with Gasteiger partial charge >= 0.3 is 0 Å². The normalized spacial score (nSPS) is 33.4. The van der Waals surface area contributed by atoms with Crippen LogP contribution in [0.4, 0.5) is 0 Å². The molecule has 17 heavy (non-hydrogen) atoms. The second kappa shape index (κ2) is 7.28. The predicted octanol–water partition coefficient (Wildman–Crippen LogP) is 0.411. The van der Waals surface area contributed by atoms with E-state index in [-0.39, 0.29) is 25.1 Å². The highest BCUT2D eigenvalue weighted by molar-refractivity contribution is 4.73. The van der Waals surface area contributed by atoms with Gasteiger partial charge in [0.2, 0.25) is 0 Å². The van der Waals surface area contributed by atoms with Crippen LogP contribution in [0.15, 0.2) is 0 Å². The molecule has 1 fully saturated rings. The van der Waals surface area contributed by atoms with Crippen LogP contribution in [0.25, 0.3) is 0 Å². The fourth-order valence-electron chi connectivity index (χ4n) is 1.95. The Kier molecular flexibility index (Phi) is 6.37. The van der Waals surface area contributed by atoms with E-state index in [0.29, 0.717) is 25.7 Å². The molecule has 0 aromatic rings. The molecule has 5 heteroatoms. The molecule has 102 valence electrons.